The summed E-state index contributed by atoms with van der Waals surface area (Å²) < 4.78 is 33.8. The summed E-state index contributed by atoms with van der Waals surface area (Å²) in [6, 6.07) is 0. The molecule has 316 valence electrons. The van der Waals surface area contributed by atoms with Gasteiger partial charge in [-0.3, -0.25) is 14.2 Å². The van der Waals surface area contributed by atoms with E-state index in [2.05, 4.69) is 50.3 Å². The third-order valence-electron chi connectivity index (χ3n) is 9.13. The minimum absolute atomic E-state index is 0.0361. The van der Waals surface area contributed by atoms with Gasteiger partial charge in [-0.05, 0) is 70.6 Å². The van der Waals surface area contributed by atoms with Gasteiger partial charge in [0.25, 0.3) is 7.82 Å². The average molecular weight is 784 g/mol. The normalized spacial score (nSPS) is 14.0. The molecule has 0 radical (unpaired) electrons. The van der Waals surface area contributed by atoms with Crippen molar-refractivity contribution < 1.29 is 42.1 Å². The Balaban J connectivity index is 4.42. The topological polar surface area (TPSA) is 111 Å². The Morgan fingerprint density at radius 1 is 0.574 bits per heavy atom. The van der Waals surface area contributed by atoms with Gasteiger partial charge in [-0.2, -0.15) is 0 Å². The highest BCUT2D eigenvalue weighted by molar-refractivity contribution is 7.45. The number of unbranched alkanes of at least 4 members (excludes halogenated alkanes) is 19. The van der Waals surface area contributed by atoms with Crippen molar-refractivity contribution in [3.63, 3.8) is 0 Å². The second-order valence-electron chi connectivity index (χ2n) is 15.7. The molecule has 2 atom stereocenters. The summed E-state index contributed by atoms with van der Waals surface area (Å²) in [5.41, 5.74) is 0. The highest BCUT2D eigenvalue weighted by Crippen LogP contribution is 2.38. The number of rotatable bonds is 39. The highest BCUT2D eigenvalue weighted by Gasteiger charge is 2.21. The quantitative estimate of drug-likeness (QED) is 0.0199. The average Bonchev–Trinajstić information content (AvgIpc) is 3.12. The third kappa shape index (κ3) is 39.9. The van der Waals surface area contributed by atoms with Crippen LogP contribution in [0.15, 0.2) is 36.5 Å². The van der Waals surface area contributed by atoms with Crippen LogP contribution in [0.1, 0.15) is 181 Å². The molecule has 0 rings (SSSR count). The fourth-order valence-electron chi connectivity index (χ4n) is 5.68. The lowest BCUT2D eigenvalue weighted by Gasteiger charge is -2.28. The molecule has 10 heteroatoms. The van der Waals surface area contributed by atoms with Gasteiger partial charge < -0.3 is 27.9 Å². The van der Waals surface area contributed by atoms with E-state index in [4.69, 9.17) is 18.5 Å². The van der Waals surface area contributed by atoms with Crippen molar-refractivity contribution in [1.82, 2.24) is 0 Å². The molecule has 54 heavy (non-hydrogen) atoms. The minimum Gasteiger partial charge on any atom is -0.756 e. The summed E-state index contributed by atoms with van der Waals surface area (Å²) in [4.78, 5) is 37.5. The number of allylic oxidation sites excluding steroid dienone is 6. The Labute approximate surface area is 331 Å². The number of nitrogens with zero attached hydrogens (tertiary/aromatic N) is 1. The number of phosphoric acid groups is 1. The minimum atomic E-state index is -4.63. The van der Waals surface area contributed by atoms with Crippen molar-refractivity contribution in [2.45, 2.75) is 187 Å². The first-order chi connectivity index (χ1) is 26.0. The maximum Gasteiger partial charge on any atom is 0.306 e. The van der Waals surface area contributed by atoms with Gasteiger partial charge >= 0.3 is 11.9 Å². The fourth-order valence-corrected chi connectivity index (χ4v) is 6.41. The molecule has 0 aromatic heterocycles. The van der Waals surface area contributed by atoms with Crippen LogP contribution >= 0.6 is 7.82 Å². The van der Waals surface area contributed by atoms with Crippen molar-refractivity contribution >= 4 is 19.8 Å². The lowest BCUT2D eigenvalue weighted by Crippen LogP contribution is -2.37. The molecule has 0 fully saturated rings. The summed E-state index contributed by atoms with van der Waals surface area (Å²) in [5.74, 6) is -0.869. The van der Waals surface area contributed by atoms with Gasteiger partial charge in [-0.25, -0.2) is 0 Å². The summed E-state index contributed by atoms with van der Waals surface area (Å²) in [6.07, 6.45) is 40.2. The van der Waals surface area contributed by atoms with Gasteiger partial charge in [-0.1, -0.05) is 134 Å². The number of hydrogen-bond donors (Lipinski definition) is 0. The maximum absolute atomic E-state index is 12.6. The molecule has 0 N–H and O–H groups in total. The number of likely N-dealkylation sites (N-methyl/N-ethyl adjacent to an activating group) is 1. The van der Waals surface area contributed by atoms with E-state index in [1.807, 2.05) is 21.1 Å². The highest BCUT2D eigenvalue weighted by atomic mass is 31.2. The standard InChI is InChI=1S/C44H82NO8P/c1-6-8-10-12-14-16-18-20-22-24-26-28-30-32-34-36-43(46)50-40-42(41-52-54(48,49)51-39-38-45(3,4)5)53-44(47)37-35-33-31-29-27-25-23-21-19-17-15-13-11-9-7-2/h14,16,20,22,25,27,42H,6-13,15,17-19,21,23-24,26,28-41H2,1-5H3/b16-14+,22-20+,27-25+/t42-/m1/s1. The van der Waals surface area contributed by atoms with E-state index in [0.717, 1.165) is 64.2 Å². The second-order valence-corrected chi connectivity index (χ2v) is 17.1. The molecule has 0 aliphatic heterocycles. The fraction of sp³-hybridized carbons (Fsp3) is 0.818. The van der Waals surface area contributed by atoms with Crippen LogP contribution in [0, 0.1) is 0 Å². The van der Waals surface area contributed by atoms with E-state index in [1.54, 1.807) is 0 Å². The van der Waals surface area contributed by atoms with Crippen molar-refractivity contribution in [2.75, 3.05) is 47.5 Å². The number of carbonyl (C=O) groups excluding carboxylic acids is 2. The predicted octanol–water partition coefficient (Wildman–Crippen LogP) is 11.5. The predicted molar refractivity (Wildman–Crippen MR) is 222 cm³/mol. The number of phosphoric ester groups is 1. The SMILES string of the molecule is CCCCC/C=C/C/C=C/CCCCCCCC(=O)OC[C@H](COP(=O)([O-])OCC[N+](C)(C)C)OC(=O)CCCCC/C=C/CCCCCCCCCC. The number of quaternary nitrogens is 1. The summed E-state index contributed by atoms with van der Waals surface area (Å²) in [7, 11) is 1.15. The van der Waals surface area contributed by atoms with Gasteiger partial charge in [0, 0.05) is 12.8 Å². The zero-order valence-electron chi connectivity index (χ0n) is 35.4. The van der Waals surface area contributed by atoms with Crippen LogP contribution in [-0.2, 0) is 32.7 Å². The molecule has 0 aromatic carbocycles. The first kappa shape index (κ1) is 52.2. The van der Waals surface area contributed by atoms with Crippen molar-refractivity contribution in [1.29, 1.82) is 0 Å². The van der Waals surface area contributed by atoms with Gasteiger partial charge in [-0.15, -0.1) is 0 Å². The number of esters is 2. The second kappa shape index (κ2) is 36.8. The largest absolute Gasteiger partial charge is 0.756 e. The van der Waals surface area contributed by atoms with Crippen LogP contribution in [-0.4, -0.2) is 70.0 Å². The van der Waals surface area contributed by atoms with Crippen LogP contribution in [0.5, 0.6) is 0 Å². The van der Waals surface area contributed by atoms with Gasteiger partial charge in [0.2, 0.25) is 0 Å². The summed E-state index contributed by atoms with van der Waals surface area (Å²) >= 11 is 0. The molecular formula is C44H82NO8P. The molecule has 0 aliphatic rings. The lowest BCUT2D eigenvalue weighted by atomic mass is 10.1. The Hall–Kier alpha value is -1.77. The van der Waals surface area contributed by atoms with Crippen molar-refractivity contribution in [3.05, 3.63) is 36.5 Å². The smallest absolute Gasteiger partial charge is 0.306 e. The zero-order valence-corrected chi connectivity index (χ0v) is 36.3. The van der Waals surface area contributed by atoms with Crippen LogP contribution in [0.2, 0.25) is 0 Å². The molecule has 0 bridgehead atoms. The number of hydrogen-bond acceptors (Lipinski definition) is 8. The Kier molecular flexibility index (Phi) is 35.6. The molecule has 0 aliphatic carbocycles. The molecule has 1 unspecified atom stereocenters. The van der Waals surface area contributed by atoms with Crippen molar-refractivity contribution in [3.8, 4) is 0 Å². The molecular weight excluding hydrogens is 701 g/mol. The van der Waals surface area contributed by atoms with E-state index in [9.17, 15) is 19.0 Å². The van der Waals surface area contributed by atoms with Gasteiger partial charge in [0.05, 0.1) is 27.7 Å². The van der Waals surface area contributed by atoms with Crippen molar-refractivity contribution in [2.24, 2.45) is 0 Å². The zero-order chi connectivity index (χ0) is 40.0. The molecule has 0 spiro atoms. The summed E-state index contributed by atoms with van der Waals surface area (Å²) in [6.45, 7) is 4.16. The summed E-state index contributed by atoms with van der Waals surface area (Å²) in [5, 5.41) is 0. The first-order valence-electron chi connectivity index (χ1n) is 21.7. The number of carbonyl (C=O) groups is 2. The van der Waals surface area contributed by atoms with E-state index < -0.39 is 32.5 Å². The maximum atomic E-state index is 12.6. The van der Waals surface area contributed by atoms with Gasteiger partial charge in [0.15, 0.2) is 6.10 Å². The van der Waals surface area contributed by atoms with Crippen LogP contribution in [0.4, 0.5) is 0 Å². The Morgan fingerprint density at radius 3 is 1.54 bits per heavy atom. The Morgan fingerprint density at radius 2 is 1.00 bits per heavy atom. The van der Waals surface area contributed by atoms with E-state index >= 15 is 0 Å². The van der Waals surface area contributed by atoms with E-state index in [-0.39, 0.29) is 26.1 Å². The molecule has 9 nitrogen and oxygen atoms in total. The third-order valence-corrected chi connectivity index (χ3v) is 10.1. The van der Waals surface area contributed by atoms with Gasteiger partial charge in [0.1, 0.15) is 19.8 Å². The molecule has 0 saturated heterocycles. The van der Waals surface area contributed by atoms with E-state index in [0.29, 0.717) is 23.9 Å². The monoisotopic (exact) mass is 784 g/mol. The first-order valence-corrected chi connectivity index (χ1v) is 23.2. The number of ether oxygens (including phenoxy) is 2. The molecule has 0 aromatic rings. The van der Waals surface area contributed by atoms with Crippen LogP contribution in [0.25, 0.3) is 0 Å². The molecule has 0 saturated carbocycles. The molecule has 0 amide bonds. The Bertz CT molecular complexity index is 1020. The van der Waals surface area contributed by atoms with Crippen LogP contribution in [0.3, 0.4) is 0 Å². The lowest BCUT2D eigenvalue weighted by molar-refractivity contribution is -0.870. The van der Waals surface area contributed by atoms with E-state index in [1.165, 1.54) is 77.0 Å². The molecule has 0 heterocycles. The van der Waals surface area contributed by atoms with Crippen LogP contribution < -0.4 is 4.89 Å².